The van der Waals surface area contributed by atoms with Gasteiger partial charge in [-0.3, -0.25) is 4.79 Å². The van der Waals surface area contributed by atoms with E-state index >= 15 is 0 Å². The van der Waals surface area contributed by atoms with Gasteiger partial charge in [0.1, 0.15) is 11.6 Å². The fourth-order valence-electron chi connectivity index (χ4n) is 3.43. The molecule has 0 atom stereocenters. The zero-order valence-corrected chi connectivity index (χ0v) is 15.7. The third-order valence-corrected chi connectivity index (χ3v) is 5.73. The molecule has 0 heterocycles. The Hall–Kier alpha value is -2.25. The number of benzene rings is 2. The van der Waals surface area contributed by atoms with Crippen LogP contribution in [0.5, 0.6) is 5.75 Å². The average molecular weight is 391 g/mol. The lowest BCUT2D eigenvalue weighted by molar-refractivity contribution is -0.135. The van der Waals surface area contributed by atoms with Crippen molar-refractivity contribution >= 4 is 16.0 Å². The van der Waals surface area contributed by atoms with E-state index in [-0.39, 0.29) is 22.2 Å². The Morgan fingerprint density at radius 2 is 1.85 bits per heavy atom. The number of nitrogens with two attached hydrogens (primary N) is 1. The van der Waals surface area contributed by atoms with Crippen LogP contribution in [-0.4, -0.2) is 14.4 Å². The fraction of sp³-hybridized carbons (Fsp3) is 0.350. The number of ether oxygens (including phenoxy) is 1. The molecule has 7 heteroatoms. The van der Waals surface area contributed by atoms with Gasteiger partial charge in [0.2, 0.25) is 10.0 Å². The largest absolute Gasteiger partial charge is 0.426 e. The summed E-state index contributed by atoms with van der Waals surface area (Å²) in [6.45, 7) is 0. The molecule has 0 aromatic heterocycles. The van der Waals surface area contributed by atoms with Crippen LogP contribution in [0.2, 0.25) is 0 Å². The monoisotopic (exact) mass is 391 g/mol. The second-order valence-corrected chi connectivity index (χ2v) is 8.46. The predicted molar refractivity (Wildman–Crippen MR) is 100 cm³/mol. The Balaban J connectivity index is 1.79. The molecule has 0 unspecified atom stereocenters. The van der Waals surface area contributed by atoms with Crippen molar-refractivity contribution in [3.63, 3.8) is 0 Å². The molecular weight excluding hydrogens is 369 g/mol. The first-order valence-electron chi connectivity index (χ1n) is 8.96. The highest BCUT2D eigenvalue weighted by Gasteiger charge is 2.19. The summed E-state index contributed by atoms with van der Waals surface area (Å²) in [5.74, 6) is -0.308. The minimum absolute atomic E-state index is 0.112. The van der Waals surface area contributed by atoms with Gasteiger partial charge in [-0.1, -0.05) is 31.4 Å². The lowest BCUT2D eigenvalue weighted by atomic mass is 9.87. The van der Waals surface area contributed by atoms with Crippen LogP contribution in [0, 0.1) is 11.7 Å². The number of esters is 1. The van der Waals surface area contributed by atoms with E-state index in [2.05, 4.69) is 0 Å². The Labute approximate surface area is 158 Å². The van der Waals surface area contributed by atoms with Crippen LogP contribution in [0.4, 0.5) is 4.39 Å². The van der Waals surface area contributed by atoms with Crippen molar-refractivity contribution < 1.29 is 22.3 Å². The van der Waals surface area contributed by atoms with Crippen LogP contribution < -0.4 is 9.88 Å². The van der Waals surface area contributed by atoms with Gasteiger partial charge in [-0.15, -0.1) is 0 Å². The van der Waals surface area contributed by atoms with E-state index in [1.165, 1.54) is 42.8 Å². The SMILES string of the molecule is NS(=O)(=O)c1cccc(-c2cc(OC(=O)CC3CCCCC3)ccc2F)c1. The number of primary sulfonamides is 1. The van der Waals surface area contributed by atoms with Gasteiger partial charge in [-0.05, 0) is 54.7 Å². The number of rotatable bonds is 5. The van der Waals surface area contributed by atoms with E-state index in [4.69, 9.17) is 9.88 Å². The zero-order chi connectivity index (χ0) is 19.4. The van der Waals surface area contributed by atoms with Crippen LogP contribution in [0.3, 0.4) is 0 Å². The molecule has 0 bridgehead atoms. The van der Waals surface area contributed by atoms with Crippen molar-refractivity contribution in [2.24, 2.45) is 11.1 Å². The normalized spacial score (nSPS) is 15.5. The molecule has 1 saturated carbocycles. The van der Waals surface area contributed by atoms with Crippen molar-refractivity contribution in [3.05, 3.63) is 48.3 Å². The van der Waals surface area contributed by atoms with E-state index in [1.54, 1.807) is 6.07 Å². The molecule has 0 saturated heterocycles. The Morgan fingerprint density at radius 1 is 1.11 bits per heavy atom. The molecule has 144 valence electrons. The molecule has 5 nitrogen and oxygen atoms in total. The number of hydrogen-bond acceptors (Lipinski definition) is 4. The molecule has 2 aromatic carbocycles. The summed E-state index contributed by atoms with van der Waals surface area (Å²) in [5, 5.41) is 5.14. The van der Waals surface area contributed by atoms with Gasteiger partial charge in [0.15, 0.2) is 0 Å². The van der Waals surface area contributed by atoms with Crippen LogP contribution in [0.15, 0.2) is 47.4 Å². The number of sulfonamides is 1. The minimum atomic E-state index is -3.90. The summed E-state index contributed by atoms with van der Waals surface area (Å²) in [6, 6.07) is 9.67. The number of carbonyl (C=O) groups excluding carboxylic acids is 1. The maximum absolute atomic E-state index is 14.3. The first kappa shape index (κ1) is 19.5. The highest BCUT2D eigenvalue weighted by Crippen LogP contribution is 2.30. The number of hydrogen-bond donors (Lipinski definition) is 1. The van der Waals surface area contributed by atoms with Crippen molar-refractivity contribution in [2.45, 2.75) is 43.4 Å². The average Bonchev–Trinajstić information content (AvgIpc) is 2.63. The molecule has 0 radical (unpaired) electrons. The van der Waals surface area contributed by atoms with Crippen molar-refractivity contribution in [3.8, 4) is 16.9 Å². The Kier molecular flexibility index (Phi) is 5.92. The van der Waals surface area contributed by atoms with Gasteiger partial charge in [-0.2, -0.15) is 0 Å². The maximum Gasteiger partial charge on any atom is 0.311 e. The summed E-state index contributed by atoms with van der Waals surface area (Å²) in [7, 11) is -3.90. The molecule has 0 amide bonds. The van der Waals surface area contributed by atoms with Crippen LogP contribution >= 0.6 is 0 Å². The second kappa shape index (κ2) is 8.19. The number of carbonyl (C=O) groups is 1. The molecule has 2 N–H and O–H groups in total. The summed E-state index contributed by atoms with van der Waals surface area (Å²) in [4.78, 5) is 12.1. The first-order chi connectivity index (χ1) is 12.8. The zero-order valence-electron chi connectivity index (χ0n) is 14.9. The van der Waals surface area contributed by atoms with Crippen molar-refractivity contribution in [1.29, 1.82) is 0 Å². The highest BCUT2D eigenvalue weighted by atomic mass is 32.2. The highest BCUT2D eigenvalue weighted by molar-refractivity contribution is 7.89. The molecule has 0 aliphatic heterocycles. The maximum atomic E-state index is 14.3. The fourth-order valence-corrected chi connectivity index (χ4v) is 3.99. The van der Waals surface area contributed by atoms with Gasteiger partial charge in [0.25, 0.3) is 0 Å². The number of halogens is 1. The predicted octanol–water partition coefficient (Wildman–Crippen LogP) is 4.02. The second-order valence-electron chi connectivity index (χ2n) is 6.90. The standard InChI is InChI=1S/C20H22FNO4S/c21-19-10-9-16(26-20(23)11-14-5-2-1-3-6-14)13-18(19)15-7-4-8-17(12-15)27(22,24)25/h4,7-10,12-14H,1-3,5-6,11H2,(H2,22,24,25). The Bertz CT molecular complexity index is 937. The Morgan fingerprint density at radius 3 is 2.56 bits per heavy atom. The van der Waals surface area contributed by atoms with E-state index in [1.807, 2.05) is 0 Å². The molecule has 1 fully saturated rings. The summed E-state index contributed by atoms with van der Waals surface area (Å²) in [5.41, 5.74) is 0.479. The smallest absolute Gasteiger partial charge is 0.311 e. The summed E-state index contributed by atoms with van der Waals surface area (Å²) >= 11 is 0. The quantitative estimate of drug-likeness (QED) is 0.616. The lowest BCUT2D eigenvalue weighted by Crippen LogP contribution is -2.16. The van der Waals surface area contributed by atoms with Crippen molar-refractivity contribution in [1.82, 2.24) is 0 Å². The summed E-state index contributed by atoms with van der Waals surface area (Å²) < 4.78 is 42.7. The van der Waals surface area contributed by atoms with Gasteiger partial charge < -0.3 is 4.74 Å². The van der Waals surface area contributed by atoms with E-state index < -0.39 is 15.8 Å². The van der Waals surface area contributed by atoms with E-state index in [9.17, 15) is 17.6 Å². The van der Waals surface area contributed by atoms with E-state index in [0.29, 0.717) is 17.9 Å². The van der Waals surface area contributed by atoms with Crippen LogP contribution in [0.25, 0.3) is 11.1 Å². The first-order valence-corrected chi connectivity index (χ1v) is 10.5. The molecule has 0 spiro atoms. The molecule has 27 heavy (non-hydrogen) atoms. The third-order valence-electron chi connectivity index (χ3n) is 4.82. The van der Waals surface area contributed by atoms with Crippen LogP contribution in [-0.2, 0) is 14.8 Å². The van der Waals surface area contributed by atoms with Crippen molar-refractivity contribution in [2.75, 3.05) is 0 Å². The van der Waals surface area contributed by atoms with Crippen LogP contribution in [0.1, 0.15) is 38.5 Å². The van der Waals surface area contributed by atoms with Gasteiger partial charge in [0.05, 0.1) is 4.90 Å². The third kappa shape index (κ3) is 5.14. The molecular formula is C20H22FNO4S. The molecule has 3 rings (SSSR count). The topological polar surface area (TPSA) is 86.5 Å². The van der Waals surface area contributed by atoms with Gasteiger partial charge >= 0.3 is 5.97 Å². The minimum Gasteiger partial charge on any atom is -0.426 e. The molecule has 2 aromatic rings. The van der Waals surface area contributed by atoms with E-state index in [0.717, 1.165) is 25.7 Å². The summed E-state index contributed by atoms with van der Waals surface area (Å²) in [6.07, 6.45) is 5.91. The molecule has 1 aliphatic carbocycles. The van der Waals surface area contributed by atoms with Gasteiger partial charge in [0, 0.05) is 12.0 Å². The lowest BCUT2D eigenvalue weighted by Gasteiger charge is -2.20. The molecule has 1 aliphatic rings. The van der Waals surface area contributed by atoms with Gasteiger partial charge in [-0.25, -0.2) is 17.9 Å².